The van der Waals surface area contributed by atoms with Gasteiger partial charge in [-0.3, -0.25) is 0 Å². The van der Waals surface area contributed by atoms with E-state index < -0.39 is 11.9 Å². The average molecular weight is 298 g/mol. The number of benzene rings is 2. The first-order valence-electron chi connectivity index (χ1n) is 7.20. The predicted molar refractivity (Wildman–Crippen MR) is 84.6 cm³/mol. The Bertz CT molecular complexity index is 668. The zero-order valence-electron chi connectivity index (χ0n) is 12.6. The van der Waals surface area contributed by atoms with Crippen LogP contribution in [-0.2, 0) is 12.8 Å². The van der Waals surface area contributed by atoms with Gasteiger partial charge in [0.25, 0.3) is 0 Å². The van der Waals surface area contributed by atoms with Gasteiger partial charge in [-0.15, -0.1) is 0 Å². The van der Waals surface area contributed by atoms with Crippen LogP contribution in [0, 0.1) is 0 Å². The number of carbonyl (C=O) groups is 2. The summed E-state index contributed by atoms with van der Waals surface area (Å²) in [5, 5.41) is 18.3. The van der Waals surface area contributed by atoms with Crippen LogP contribution >= 0.6 is 0 Å². The molecule has 114 valence electrons. The van der Waals surface area contributed by atoms with Crippen LogP contribution in [-0.4, -0.2) is 22.2 Å². The maximum Gasteiger partial charge on any atom is 0.335 e. The summed E-state index contributed by atoms with van der Waals surface area (Å²) >= 11 is 0. The molecule has 0 saturated carbocycles. The first-order valence-corrected chi connectivity index (χ1v) is 7.20. The molecule has 0 radical (unpaired) electrons. The number of rotatable bonds is 5. The molecule has 0 unspecified atom stereocenters. The molecular weight excluding hydrogens is 280 g/mol. The van der Waals surface area contributed by atoms with E-state index in [4.69, 9.17) is 0 Å². The van der Waals surface area contributed by atoms with Gasteiger partial charge in [0.15, 0.2) is 0 Å². The third-order valence-corrected chi connectivity index (χ3v) is 3.77. The molecule has 2 aromatic rings. The molecule has 0 aromatic heterocycles. The van der Waals surface area contributed by atoms with Crippen molar-refractivity contribution in [2.45, 2.75) is 26.7 Å². The van der Waals surface area contributed by atoms with Crippen molar-refractivity contribution < 1.29 is 19.8 Å². The van der Waals surface area contributed by atoms with Crippen molar-refractivity contribution in [1.29, 1.82) is 0 Å². The lowest BCUT2D eigenvalue weighted by Crippen LogP contribution is -2.03. The molecule has 22 heavy (non-hydrogen) atoms. The summed E-state index contributed by atoms with van der Waals surface area (Å²) in [6, 6.07) is 10.5. The van der Waals surface area contributed by atoms with Gasteiger partial charge < -0.3 is 10.2 Å². The summed E-state index contributed by atoms with van der Waals surface area (Å²) in [6.45, 7) is 3.83. The van der Waals surface area contributed by atoms with Crippen molar-refractivity contribution >= 4 is 11.9 Å². The second-order valence-corrected chi connectivity index (χ2v) is 5.06. The van der Waals surface area contributed by atoms with E-state index in [0.29, 0.717) is 24.0 Å². The van der Waals surface area contributed by atoms with Crippen LogP contribution in [0.25, 0.3) is 11.1 Å². The minimum atomic E-state index is -0.932. The number of carboxylic acids is 2. The van der Waals surface area contributed by atoms with Crippen molar-refractivity contribution in [2.75, 3.05) is 0 Å². The summed E-state index contributed by atoms with van der Waals surface area (Å²) in [5.41, 5.74) is 3.95. The summed E-state index contributed by atoms with van der Waals surface area (Å²) in [4.78, 5) is 22.4. The molecule has 0 aliphatic heterocycles. The fourth-order valence-corrected chi connectivity index (χ4v) is 2.55. The Morgan fingerprint density at radius 3 is 1.41 bits per heavy atom. The highest BCUT2D eigenvalue weighted by Crippen LogP contribution is 2.26. The molecule has 0 heterocycles. The minimum absolute atomic E-state index is 0.309. The normalized spacial score (nSPS) is 10.5. The summed E-state index contributed by atoms with van der Waals surface area (Å²) < 4.78 is 0. The Balaban J connectivity index is 2.52. The Morgan fingerprint density at radius 1 is 0.773 bits per heavy atom. The average Bonchev–Trinajstić information content (AvgIpc) is 2.53. The first-order chi connectivity index (χ1) is 10.5. The maximum atomic E-state index is 11.2. The van der Waals surface area contributed by atoms with E-state index in [1.165, 1.54) is 0 Å². The van der Waals surface area contributed by atoms with E-state index in [2.05, 4.69) is 0 Å². The first kappa shape index (κ1) is 15.8. The fourth-order valence-electron chi connectivity index (χ4n) is 2.55. The van der Waals surface area contributed by atoms with Gasteiger partial charge in [-0.1, -0.05) is 38.1 Å². The summed E-state index contributed by atoms with van der Waals surface area (Å²) in [5.74, 6) is -1.86. The predicted octanol–water partition coefficient (Wildman–Crippen LogP) is 3.87. The standard InChI is InChI=1S/C18H18O4/c1-3-11-9-13(5-7-15(11)17(19)20)14-6-8-16(18(21)22)12(4-2)10-14/h5-10H,3-4H2,1-2H3,(H,19,20)(H,21,22). The van der Waals surface area contributed by atoms with Gasteiger partial charge in [-0.25, -0.2) is 9.59 Å². The van der Waals surface area contributed by atoms with Crippen LogP contribution in [0.4, 0.5) is 0 Å². The lowest BCUT2D eigenvalue weighted by Gasteiger charge is -2.10. The van der Waals surface area contributed by atoms with Gasteiger partial charge >= 0.3 is 11.9 Å². The second kappa shape index (κ2) is 6.43. The van der Waals surface area contributed by atoms with Crippen LogP contribution in [0.3, 0.4) is 0 Å². The van der Waals surface area contributed by atoms with Gasteiger partial charge in [-0.05, 0) is 47.2 Å². The molecule has 4 nitrogen and oxygen atoms in total. The van der Waals surface area contributed by atoms with E-state index in [9.17, 15) is 19.8 Å². The number of aryl methyl sites for hydroxylation is 2. The molecule has 0 aliphatic carbocycles. The highest BCUT2D eigenvalue weighted by atomic mass is 16.4. The molecule has 0 fully saturated rings. The zero-order chi connectivity index (χ0) is 16.3. The monoisotopic (exact) mass is 298 g/mol. The topological polar surface area (TPSA) is 74.6 Å². The Kier molecular flexibility index (Phi) is 4.61. The van der Waals surface area contributed by atoms with Crippen molar-refractivity contribution in [3.8, 4) is 11.1 Å². The molecule has 0 spiro atoms. The van der Waals surface area contributed by atoms with E-state index in [0.717, 1.165) is 22.3 Å². The van der Waals surface area contributed by atoms with Gasteiger partial charge in [0.1, 0.15) is 0 Å². The SMILES string of the molecule is CCc1cc(-c2ccc(C(=O)O)c(CC)c2)ccc1C(=O)O. The minimum Gasteiger partial charge on any atom is -0.478 e. The van der Waals surface area contributed by atoms with Crippen LogP contribution < -0.4 is 0 Å². The van der Waals surface area contributed by atoms with Crippen LogP contribution in [0.1, 0.15) is 45.7 Å². The van der Waals surface area contributed by atoms with Crippen LogP contribution in [0.15, 0.2) is 36.4 Å². The Labute approximate surface area is 129 Å². The van der Waals surface area contributed by atoms with Crippen molar-refractivity contribution in [1.82, 2.24) is 0 Å². The van der Waals surface area contributed by atoms with E-state index in [1.54, 1.807) is 24.3 Å². The van der Waals surface area contributed by atoms with Crippen LogP contribution in [0.5, 0.6) is 0 Å². The molecule has 2 aromatic carbocycles. The van der Waals surface area contributed by atoms with E-state index in [-0.39, 0.29) is 0 Å². The molecule has 0 atom stereocenters. The van der Waals surface area contributed by atoms with Crippen LogP contribution in [0.2, 0.25) is 0 Å². The highest BCUT2D eigenvalue weighted by Gasteiger charge is 2.13. The maximum absolute atomic E-state index is 11.2. The number of hydrogen-bond donors (Lipinski definition) is 2. The molecule has 0 bridgehead atoms. The quantitative estimate of drug-likeness (QED) is 0.878. The smallest absolute Gasteiger partial charge is 0.335 e. The van der Waals surface area contributed by atoms with Gasteiger partial charge in [0, 0.05) is 0 Å². The third kappa shape index (κ3) is 3.01. The summed E-state index contributed by atoms with van der Waals surface area (Å²) in [7, 11) is 0. The van der Waals surface area contributed by atoms with Gasteiger partial charge in [-0.2, -0.15) is 0 Å². The largest absolute Gasteiger partial charge is 0.478 e. The second-order valence-electron chi connectivity index (χ2n) is 5.06. The highest BCUT2D eigenvalue weighted by molar-refractivity contribution is 5.91. The lowest BCUT2D eigenvalue weighted by molar-refractivity contribution is 0.0685. The molecule has 2 rings (SSSR count). The summed E-state index contributed by atoms with van der Waals surface area (Å²) in [6.07, 6.45) is 1.26. The Morgan fingerprint density at radius 2 is 1.14 bits per heavy atom. The molecule has 4 heteroatoms. The number of carboxylic acid groups (broad SMARTS) is 2. The molecule has 0 amide bonds. The molecular formula is C18H18O4. The number of hydrogen-bond acceptors (Lipinski definition) is 2. The molecule has 2 N–H and O–H groups in total. The van der Waals surface area contributed by atoms with Gasteiger partial charge in [0.05, 0.1) is 11.1 Å². The molecule has 0 saturated heterocycles. The molecule has 0 aliphatic rings. The van der Waals surface area contributed by atoms with Crippen molar-refractivity contribution in [3.63, 3.8) is 0 Å². The van der Waals surface area contributed by atoms with Gasteiger partial charge in [0.2, 0.25) is 0 Å². The van der Waals surface area contributed by atoms with E-state index >= 15 is 0 Å². The fraction of sp³-hybridized carbons (Fsp3) is 0.222. The third-order valence-electron chi connectivity index (χ3n) is 3.77. The number of aromatic carboxylic acids is 2. The Hall–Kier alpha value is -2.62. The lowest BCUT2D eigenvalue weighted by atomic mass is 9.94. The van der Waals surface area contributed by atoms with Crippen molar-refractivity contribution in [2.24, 2.45) is 0 Å². The van der Waals surface area contributed by atoms with E-state index in [1.807, 2.05) is 26.0 Å². The zero-order valence-corrected chi connectivity index (χ0v) is 12.6. The van der Waals surface area contributed by atoms with Crippen molar-refractivity contribution in [3.05, 3.63) is 58.7 Å².